The van der Waals surface area contributed by atoms with Crippen LogP contribution in [0.4, 0.5) is 0 Å². The second-order valence-corrected chi connectivity index (χ2v) is 6.65. The second kappa shape index (κ2) is 7.36. The standard InChI is InChI=1S/C20H22N4O3/c1-2-17-18(21-13-27-17)20(26)23-9-6-10-24-15(12-23)11-16(22-24)19(25)14-7-4-3-5-8-14/h3-5,7-8,11,13,19,25H,2,6,9-10,12H2,1H3/t19-/m0/s1. The smallest absolute Gasteiger partial charge is 0.276 e. The largest absolute Gasteiger partial charge is 0.448 e. The molecule has 140 valence electrons. The van der Waals surface area contributed by atoms with Gasteiger partial charge in [-0.15, -0.1) is 0 Å². The number of aromatic nitrogens is 3. The molecule has 0 spiro atoms. The Morgan fingerprint density at radius 2 is 2.11 bits per heavy atom. The summed E-state index contributed by atoms with van der Waals surface area (Å²) in [6.07, 6.45) is 1.96. The molecule has 0 aliphatic carbocycles. The van der Waals surface area contributed by atoms with E-state index < -0.39 is 6.10 Å². The van der Waals surface area contributed by atoms with Gasteiger partial charge in [-0.05, 0) is 18.1 Å². The molecule has 0 fully saturated rings. The molecule has 1 amide bonds. The number of hydrogen-bond donors (Lipinski definition) is 1. The highest BCUT2D eigenvalue weighted by molar-refractivity contribution is 5.93. The molecule has 1 atom stereocenters. The van der Waals surface area contributed by atoms with Crippen molar-refractivity contribution < 1.29 is 14.3 Å². The van der Waals surface area contributed by atoms with E-state index >= 15 is 0 Å². The molecule has 0 saturated carbocycles. The van der Waals surface area contributed by atoms with E-state index in [1.54, 1.807) is 4.90 Å². The molecule has 1 aromatic carbocycles. The molecule has 0 unspecified atom stereocenters. The molecule has 3 aromatic rings. The zero-order valence-electron chi connectivity index (χ0n) is 15.2. The third kappa shape index (κ3) is 3.38. The van der Waals surface area contributed by atoms with Crippen LogP contribution in [0, 0.1) is 0 Å². The fourth-order valence-electron chi connectivity index (χ4n) is 3.44. The van der Waals surface area contributed by atoms with Crippen molar-refractivity contribution >= 4 is 5.91 Å². The SMILES string of the molecule is CCc1ocnc1C(=O)N1CCCn2nc([C@@H](O)c3ccccc3)cc2C1. The van der Waals surface area contributed by atoms with Crippen molar-refractivity contribution in [1.82, 2.24) is 19.7 Å². The van der Waals surface area contributed by atoms with Gasteiger partial charge in [-0.2, -0.15) is 5.10 Å². The Kier molecular flexibility index (Phi) is 4.77. The number of oxazole rings is 1. The zero-order valence-corrected chi connectivity index (χ0v) is 15.2. The fraction of sp³-hybridized carbons (Fsp3) is 0.350. The lowest BCUT2D eigenvalue weighted by Gasteiger charge is -2.19. The summed E-state index contributed by atoms with van der Waals surface area (Å²) in [6, 6.07) is 11.3. The molecule has 1 aliphatic rings. The van der Waals surface area contributed by atoms with Gasteiger partial charge in [0.15, 0.2) is 12.1 Å². The van der Waals surface area contributed by atoms with Crippen LogP contribution >= 0.6 is 0 Å². The van der Waals surface area contributed by atoms with E-state index in [9.17, 15) is 9.90 Å². The molecule has 0 radical (unpaired) electrons. The van der Waals surface area contributed by atoms with Gasteiger partial charge < -0.3 is 14.4 Å². The number of hydrogen-bond acceptors (Lipinski definition) is 5. The molecule has 1 N–H and O–H groups in total. The predicted molar refractivity (Wildman–Crippen MR) is 98.0 cm³/mol. The molecule has 3 heterocycles. The van der Waals surface area contributed by atoms with Crippen molar-refractivity contribution in [1.29, 1.82) is 0 Å². The predicted octanol–water partition coefficient (Wildman–Crippen LogP) is 2.56. The third-order valence-electron chi connectivity index (χ3n) is 4.88. The first-order valence-electron chi connectivity index (χ1n) is 9.18. The van der Waals surface area contributed by atoms with E-state index in [2.05, 4.69) is 10.1 Å². The van der Waals surface area contributed by atoms with Gasteiger partial charge in [-0.3, -0.25) is 9.48 Å². The van der Waals surface area contributed by atoms with Crippen LogP contribution in [0.15, 0.2) is 47.2 Å². The van der Waals surface area contributed by atoms with E-state index in [0.29, 0.717) is 43.2 Å². The van der Waals surface area contributed by atoms with Gasteiger partial charge in [-0.25, -0.2) is 4.98 Å². The number of benzene rings is 1. The van der Waals surface area contributed by atoms with Crippen LogP contribution < -0.4 is 0 Å². The van der Waals surface area contributed by atoms with Crippen molar-refractivity contribution in [3.8, 4) is 0 Å². The van der Waals surface area contributed by atoms with Crippen LogP contribution in [0.3, 0.4) is 0 Å². The maximum atomic E-state index is 12.9. The molecule has 1 aliphatic heterocycles. The van der Waals surface area contributed by atoms with E-state index in [-0.39, 0.29) is 5.91 Å². The van der Waals surface area contributed by atoms with Crippen LogP contribution in [0.1, 0.15) is 52.6 Å². The topological polar surface area (TPSA) is 84.4 Å². The van der Waals surface area contributed by atoms with Crippen molar-refractivity contribution in [2.24, 2.45) is 0 Å². The van der Waals surface area contributed by atoms with Crippen LogP contribution in [-0.2, 0) is 19.5 Å². The summed E-state index contributed by atoms with van der Waals surface area (Å²) in [6.45, 7) is 3.71. The van der Waals surface area contributed by atoms with Gasteiger partial charge in [0.05, 0.1) is 17.9 Å². The Hall–Kier alpha value is -2.93. The molecular weight excluding hydrogens is 344 g/mol. The molecule has 4 rings (SSSR count). The summed E-state index contributed by atoms with van der Waals surface area (Å²) >= 11 is 0. The lowest BCUT2D eigenvalue weighted by atomic mass is 10.1. The summed E-state index contributed by atoms with van der Waals surface area (Å²) in [5, 5.41) is 15.2. The number of nitrogens with zero attached hydrogens (tertiary/aromatic N) is 4. The number of carbonyl (C=O) groups excluding carboxylic acids is 1. The van der Waals surface area contributed by atoms with Gasteiger partial charge in [0, 0.05) is 19.5 Å². The summed E-state index contributed by atoms with van der Waals surface area (Å²) in [7, 11) is 0. The summed E-state index contributed by atoms with van der Waals surface area (Å²) in [5.74, 6) is 0.485. The van der Waals surface area contributed by atoms with Crippen molar-refractivity contribution in [3.05, 3.63) is 71.2 Å². The first-order chi connectivity index (χ1) is 13.2. The van der Waals surface area contributed by atoms with Gasteiger partial charge in [0.25, 0.3) is 5.91 Å². The summed E-state index contributed by atoms with van der Waals surface area (Å²) in [4.78, 5) is 18.8. The highest BCUT2D eigenvalue weighted by Crippen LogP contribution is 2.24. The number of aliphatic hydroxyl groups excluding tert-OH is 1. The minimum atomic E-state index is -0.781. The monoisotopic (exact) mass is 366 g/mol. The molecule has 27 heavy (non-hydrogen) atoms. The Balaban J connectivity index is 1.57. The maximum Gasteiger partial charge on any atom is 0.276 e. The Morgan fingerprint density at radius 3 is 2.89 bits per heavy atom. The van der Waals surface area contributed by atoms with Crippen molar-refractivity contribution in [2.75, 3.05) is 6.54 Å². The maximum absolute atomic E-state index is 12.9. The number of amides is 1. The van der Waals surface area contributed by atoms with E-state index in [1.807, 2.05) is 48.0 Å². The first kappa shape index (κ1) is 17.5. The van der Waals surface area contributed by atoms with Gasteiger partial charge >= 0.3 is 0 Å². The number of aryl methyl sites for hydroxylation is 2. The van der Waals surface area contributed by atoms with Crippen molar-refractivity contribution in [3.63, 3.8) is 0 Å². The number of fused-ring (bicyclic) bond motifs is 1. The Labute approximate surface area is 157 Å². The molecular formula is C20H22N4O3. The Morgan fingerprint density at radius 1 is 1.30 bits per heavy atom. The lowest BCUT2D eigenvalue weighted by Crippen LogP contribution is -2.31. The quantitative estimate of drug-likeness (QED) is 0.767. The van der Waals surface area contributed by atoms with Gasteiger partial charge in [-0.1, -0.05) is 37.3 Å². The van der Waals surface area contributed by atoms with Gasteiger partial charge in [0.1, 0.15) is 11.9 Å². The summed E-state index contributed by atoms with van der Waals surface area (Å²) in [5.41, 5.74) is 2.69. The molecule has 0 saturated heterocycles. The number of rotatable bonds is 4. The first-order valence-corrected chi connectivity index (χ1v) is 9.18. The minimum absolute atomic E-state index is 0.125. The highest BCUT2D eigenvalue weighted by atomic mass is 16.3. The van der Waals surface area contributed by atoms with Crippen LogP contribution in [0.25, 0.3) is 0 Å². The highest BCUT2D eigenvalue weighted by Gasteiger charge is 2.26. The van der Waals surface area contributed by atoms with Gasteiger partial charge in [0.2, 0.25) is 0 Å². The number of carbonyl (C=O) groups is 1. The molecule has 0 bridgehead atoms. The third-order valence-corrected chi connectivity index (χ3v) is 4.88. The van der Waals surface area contributed by atoms with Crippen LogP contribution in [0.2, 0.25) is 0 Å². The van der Waals surface area contributed by atoms with E-state index in [4.69, 9.17) is 4.42 Å². The minimum Gasteiger partial charge on any atom is -0.448 e. The van der Waals surface area contributed by atoms with Crippen molar-refractivity contribution in [2.45, 2.75) is 39.0 Å². The zero-order chi connectivity index (χ0) is 18.8. The fourth-order valence-corrected chi connectivity index (χ4v) is 3.44. The average molecular weight is 366 g/mol. The normalized spacial score (nSPS) is 15.3. The second-order valence-electron chi connectivity index (χ2n) is 6.65. The molecule has 2 aromatic heterocycles. The van der Waals surface area contributed by atoms with E-state index in [1.165, 1.54) is 6.39 Å². The average Bonchev–Trinajstić information content (AvgIpc) is 3.29. The number of aliphatic hydroxyl groups is 1. The van der Waals surface area contributed by atoms with E-state index in [0.717, 1.165) is 17.7 Å². The van der Waals surface area contributed by atoms with Crippen LogP contribution in [0.5, 0.6) is 0 Å². The Bertz CT molecular complexity index is 932. The molecule has 7 heteroatoms. The summed E-state index contributed by atoms with van der Waals surface area (Å²) < 4.78 is 7.19. The lowest BCUT2D eigenvalue weighted by molar-refractivity contribution is 0.0738. The van der Waals surface area contributed by atoms with Crippen LogP contribution in [-0.4, -0.2) is 37.2 Å². The molecule has 7 nitrogen and oxygen atoms in total.